The lowest BCUT2D eigenvalue weighted by Crippen LogP contribution is -2.33. The van der Waals surface area contributed by atoms with Crippen LogP contribution in [-0.4, -0.2) is 52.7 Å². The summed E-state index contributed by atoms with van der Waals surface area (Å²) < 4.78 is 22.0. The quantitative estimate of drug-likeness (QED) is 0.446. The number of aromatic nitrogens is 3. The van der Waals surface area contributed by atoms with Gasteiger partial charge in [-0.3, -0.25) is 14.4 Å². The molecule has 9 nitrogen and oxygen atoms in total. The molecule has 2 N–H and O–H groups in total. The van der Waals surface area contributed by atoms with E-state index >= 15 is 0 Å². The van der Waals surface area contributed by atoms with Crippen molar-refractivity contribution in [1.82, 2.24) is 25.6 Å². The zero-order valence-electron chi connectivity index (χ0n) is 18.9. The number of halogens is 1. The first-order valence-electron chi connectivity index (χ1n) is 11.2. The van der Waals surface area contributed by atoms with Gasteiger partial charge in [-0.15, -0.1) is 5.10 Å². The number of carbonyl (C=O) groups is 2. The van der Waals surface area contributed by atoms with Crippen molar-refractivity contribution in [3.63, 3.8) is 0 Å². The highest BCUT2D eigenvalue weighted by Gasteiger charge is 2.32. The van der Waals surface area contributed by atoms with Crippen LogP contribution in [0.5, 0.6) is 0 Å². The molecule has 1 aliphatic heterocycles. The Hall–Kier alpha value is -3.79. The third-order valence-electron chi connectivity index (χ3n) is 5.52. The second-order valence-electron chi connectivity index (χ2n) is 8.11. The lowest BCUT2D eigenvalue weighted by molar-refractivity contribution is -0.119. The summed E-state index contributed by atoms with van der Waals surface area (Å²) in [5, 5.41) is 13.7. The summed E-state index contributed by atoms with van der Waals surface area (Å²) in [4.78, 5) is 24.6. The fourth-order valence-corrected chi connectivity index (χ4v) is 3.76. The van der Waals surface area contributed by atoms with E-state index in [-0.39, 0.29) is 19.0 Å². The summed E-state index contributed by atoms with van der Waals surface area (Å²) in [6.07, 6.45) is 3.42. The van der Waals surface area contributed by atoms with Gasteiger partial charge in [0.15, 0.2) is 0 Å². The number of aryl methyl sites for hydroxylation is 1. The van der Waals surface area contributed by atoms with Gasteiger partial charge >= 0.3 is 6.09 Å². The van der Waals surface area contributed by atoms with Crippen molar-refractivity contribution in [2.24, 2.45) is 0 Å². The normalized spacial score (nSPS) is 15.4. The van der Waals surface area contributed by atoms with Crippen LogP contribution in [0.4, 0.5) is 14.9 Å². The Kier molecular flexibility index (Phi) is 7.48. The molecule has 34 heavy (non-hydrogen) atoms. The van der Waals surface area contributed by atoms with Crippen molar-refractivity contribution in [1.29, 1.82) is 0 Å². The Labute approximate surface area is 196 Å². The fraction of sp³-hybridized carbons (Fsp3) is 0.333. The molecule has 10 heteroatoms. The molecule has 1 fully saturated rings. The van der Waals surface area contributed by atoms with Crippen molar-refractivity contribution in [3.05, 3.63) is 66.2 Å². The van der Waals surface area contributed by atoms with E-state index in [1.807, 2.05) is 30.5 Å². The van der Waals surface area contributed by atoms with Gasteiger partial charge in [0.2, 0.25) is 5.91 Å². The third kappa shape index (κ3) is 5.96. The van der Waals surface area contributed by atoms with Crippen LogP contribution in [0.25, 0.3) is 11.1 Å². The Morgan fingerprint density at radius 1 is 1.24 bits per heavy atom. The monoisotopic (exact) mass is 466 g/mol. The minimum Gasteiger partial charge on any atom is -0.442 e. The van der Waals surface area contributed by atoms with Gasteiger partial charge in [-0.05, 0) is 42.3 Å². The third-order valence-corrected chi connectivity index (χ3v) is 5.52. The number of ether oxygens (including phenoxy) is 1. The van der Waals surface area contributed by atoms with Crippen LogP contribution in [0.15, 0.2) is 54.9 Å². The summed E-state index contributed by atoms with van der Waals surface area (Å²) in [7, 11) is 0. The number of hydrogen-bond donors (Lipinski definition) is 2. The van der Waals surface area contributed by atoms with Gasteiger partial charge in [-0.2, -0.15) is 0 Å². The van der Waals surface area contributed by atoms with E-state index in [1.165, 1.54) is 17.9 Å². The number of carbonyl (C=O) groups excluding carboxylic acids is 2. The average molecular weight is 467 g/mol. The minimum absolute atomic E-state index is 0.199. The molecule has 4 rings (SSSR count). The highest BCUT2D eigenvalue weighted by molar-refractivity contribution is 5.90. The number of cyclic esters (lactones) is 1. The molecule has 3 aromatic rings. The molecule has 1 atom stereocenters. The van der Waals surface area contributed by atoms with Gasteiger partial charge in [0.05, 0.1) is 25.0 Å². The summed E-state index contributed by atoms with van der Waals surface area (Å²) in [5.74, 6) is -0.621. The topological polar surface area (TPSA) is 101 Å². The molecule has 0 aliphatic carbocycles. The second-order valence-corrected chi connectivity index (χ2v) is 8.11. The average Bonchev–Trinajstić information content (AvgIpc) is 3.47. The van der Waals surface area contributed by atoms with Crippen molar-refractivity contribution >= 4 is 17.7 Å². The van der Waals surface area contributed by atoms with Crippen molar-refractivity contribution in [2.75, 3.05) is 24.5 Å². The van der Waals surface area contributed by atoms with Crippen LogP contribution >= 0.6 is 0 Å². The van der Waals surface area contributed by atoms with Gasteiger partial charge in [-0.25, -0.2) is 9.18 Å². The van der Waals surface area contributed by atoms with E-state index in [9.17, 15) is 14.0 Å². The molecule has 2 amide bonds. The number of benzene rings is 2. The maximum Gasteiger partial charge on any atom is 0.414 e. The Balaban J connectivity index is 1.31. The molecule has 0 unspecified atom stereocenters. The SMILES string of the molecule is CC(=O)NC[C@H]1CN(c2ccc(-c3ccc(CNCCCn4ccnn4)cc3)c(F)c2)C(=O)O1. The molecule has 0 bridgehead atoms. The molecule has 2 heterocycles. The molecule has 2 aromatic carbocycles. The van der Waals surface area contributed by atoms with E-state index in [2.05, 4.69) is 20.9 Å². The standard InChI is InChI=1S/C24H27FN6O3/c1-17(32)27-15-21-16-31(24(33)34-21)20-7-8-22(23(25)13-20)19-5-3-18(4-6-19)14-26-9-2-11-30-12-10-28-29-30/h3-8,10,12-13,21,26H,2,9,11,14-16H2,1H3,(H,27,32)/t21-/m0/s1. The first-order chi connectivity index (χ1) is 16.5. The first-order valence-corrected chi connectivity index (χ1v) is 11.2. The van der Waals surface area contributed by atoms with E-state index < -0.39 is 18.0 Å². The summed E-state index contributed by atoms with van der Waals surface area (Å²) in [6.45, 7) is 4.25. The van der Waals surface area contributed by atoms with Crippen LogP contribution < -0.4 is 15.5 Å². The van der Waals surface area contributed by atoms with Gasteiger partial charge in [0, 0.05) is 31.8 Å². The van der Waals surface area contributed by atoms with E-state index in [0.29, 0.717) is 11.3 Å². The molecular weight excluding hydrogens is 439 g/mol. The van der Waals surface area contributed by atoms with Gasteiger partial charge in [0.25, 0.3) is 0 Å². The molecule has 0 radical (unpaired) electrons. The molecule has 1 aromatic heterocycles. The van der Waals surface area contributed by atoms with Gasteiger partial charge in [-0.1, -0.05) is 29.5 Å². The summed E-state index contributed by atoms with van der Waals surface area (Å²) in [6, 6.07) is 12.4. The van der Waals surface area contributed by atoms with E-state index in [0.717, 1.165) is 37.2 Å². The molecule has 1 saturated heterocycles. The van der Waals surface area contributed by atoms with Gasteiger partial charge in [0.1, 0.15) is 11.9 Å². The Morgan fingerprint density at radius 3 is 2.76 bits per heavy atom. The Bertz CT molecular complexity index is 1120. The van der Waals surface area contributed by atoms with Crippen LogP contribution in [0, 0.1) is 5.82 Å². The molecule has 1 aliphatic rings. The van der Waals surface area contributed by atoms with Crippen LogP contribution in [-0.2, 0) is 22.6 Å². The van der Waals surface area contributed by atoms with E-state index in [4.69, 9.17) is 4.74 Å². The molecule has 0 saturated carbocycles. The summed E-state index contributed by atoms with van der Waals surface area (Å²) in [5.41, 5.74) is 2.74. The number of rotatable bonds is 10. The molecular formula is C24H27FN6O3. The number of anilines is 1. The predicted molar refractivity (Wildman–Crippen MR) is 124 cm³/mol. The predicted octanol–water partition coefficient (Wildman–Crippen LogP) is 2.73. The Morgan fingerprint density at radius 2 is 2.06 bits per heavy atom. The highest BCUT2D eigenvalue weighted by atomic mass is 19.1. The van der Waals surface area contributed by atoms with Crippen molar-refractivity contribution in [2.45, 2.75) is 32.5 Å². The largest absolute Gasteiger partial charge is 0.442 e. The molecule has 0 spiro atoms. The lowest BCUT2D eigenvalue weighted by Gasteiger charge is -2.15. The van der Waals surface area contributed by atoms with Crippen LogP contribution in [0.3, 0.4) is 0 Å². The highest BCUT2D eigenvalue weighted by Crippen LogP contribution is 2.29. The lowest BCUT2D eigenvalue weighted by atomic mass is 10.0. The second kappa shape index (κ2) is 10.9. The number of nitrogens with one attached hydrogen (secondary N) is 2. The zero-order valence-corrected chi connectivity index (χ0v) is 18.9. The maximum absolute atomic E-state index is 14.9. The van der Waals surface area contributed by atoms with Crippen LogP contribution in [0.1, 0.15) is 18.9 Å². The number of hydrogen-bond acceptors (Lipinski definition) is 6. The number of nitrogens with zero attached hydrogens (tertiary/aromatic N) is 4. The van der Waals surface area contributed by atoms with Crippen molar-refractivity contribution < 1.29 is 18.7 Å². The maximum atomic E-state index is 14.9. The molecule has 178 valence electrons. The fourth-order valence-electron chi connectivity index (χ4n) is 3.76. The minimum atomic E-state index is -0.555. The first kappa shape index (κ1) is 23.4. The van der Waals surface area contributed by atoms with Crippen LogP contribution in [0.2, 0.25) is 0 Å². The smallest absolute Gasteiger partial charge is 0.414 e. The van der Waals surface area contributed by atoms with Crippen molar-refractivity contribution in [3.8, 4) is 11.1 Å². The van der Waals surface area contributed by atoms with E-state index in [1.54, 1.807) is 23.0 Å². The number of amides is 2. The van der Waals surface area contributed by atoms with Gasteiger partial charge < -0.3 is 15.4 Å². The summed E-state index contributed by atoms with van der Waals surface area (Å²) >= 11 is 0. The zero-order chi connectivity index (χ0) is 23.9.